The molecule has 0 radical (unpaired) electrons. The highest BCUT2D eigenvalue weighted by Gasteiger charge is 2.42. The molecule has 11 heteroatoms. The Morgan fingerprint density at radius 1 is 1.27 bits per heavy atom. The third-order valence-corrected chi connectivity index (χ3v) is 3.15. The molecule has 0 fully saturated rings. The Bertz CT molecular complexity index is 558. The summed E-state index contributed by atoms with van der Waals surface area (Å²) in [5.41, 5.74) is -2.35. The zero-order valence-electron chi connectivity index (χ0n) is 10.8. The Labute approximate surface area is 133 Å². The number of hydrogen-bond acceptors (Lipinski definition) is 4. The monoisotopic (exact) mass is 443 g/mol. The maximum absolute atomic E-state index is 12.8. The van der Waals surface area contributed by atoms with E-state index in [2.05, 4.69) is 14.5 Å². The van der Waals surface area contributed by atoms with E-state index in [1.54, 1.807) is 0 Å². The fraction of sp³-hybridized carbons (Fsp3) is 0.455. The predicted octanol–water partition coefficient (Wildman–Crippen LogP) is 3.71. The molecule has 0 N–H and O–H groups in total. The molecule has 1 rings (SSSR count). The average Bonchev–Trinajstić information content (AvgIpc) is 2.30. The molecule has 0 spiro atoms. The molecule has 1 heterocycles. The summed E-state index contributed by atoms with van der Waals surface area (Å²) in [4.78, 5) is 14.7. The minimum atomic E-state index is -5.35. The van der Waals surface area contributed by atoms with Crippen LogP contribution in [0.4, 0.5) is 26.3 Å². The lowest BCUT2D eigenvalue weighted by atomic mass is 10.1. The molecule has 0 amide bonds. The summed E-state index contributed by atoms with van der Waals surface area (Å²) in [5.74, 6) is -2.49. The average molecular weight is 443 g/mol. The normalized spacial score (nSPS) is 12.2. The number of nitrogens with zero attached hydrogens (tertiary/aromatic N) is 1. The minimum absolute atomic E-state index is 0.0722. The summed E-state index contributed by atoms with van der Waals surface area (Å²) in [6, 6.07) is 0. The highest BCUT2D eigenvalue weighted by atomic mass is 127. The molecule has 1 aromatic rings. The van der Waals surface area contributed by atoms with E-state index in [1.165, 1.54) is 29.5 Å². The zero-order valence-corrected chi connectivity index (χ0v) is 13.0. The Kier molecular flexibility index (Phi) is 5.87. The Balaban J connectivity index is 3.41. The van der Waals surface area contributed by atoms with E-state index in [1.807, 2.05) is 0 Å². The van der Waals surface area contributed by atoms with Crippen LogP contribution in [0, 0.1) is 3.70 Å². The summed E-state index contributed by atoms with van der Waals surface area (Å²) >= 11 is 1.41. The van der Waals surface area contributed by atoms with E-state index < -0.39 is 41.8 Å². The maximum atomic E-state index is 12.8. The molecular weight excluding hydrogens is 435 g/mol. The van der Waals surface area contributed by atoms with Gasteiger partial charge in [-0.1, -0.05) is 0 Å². The molecule has 0 aliphatic heterocycles. The highest BCUT2D eigenvalue weighted by molar-refractivity contribution is 14.1. The second kappa shape index (κ2) is 6.87. The molecule has 0 aromatic carbocycles. The number of rotatable bonds is 4. The van der Waals surface area contributed by atoms with E-state index in [0.29, 0.717) is 0 Å². The van der Waals surface area contributed by atoms with E-state index in [9.17, 15) is 31.1 Å². The molecule has 0 saturated carbocycles. The van der Waals surface area contributed by atoms with Crippen LogP contribution >= 0.6 is 22.6 Å². The largest absolute Gasteiger partial charge is 0.573 e. The number of halogens is 7. The zero-order chi connectivity index (χ0) is 17.1. The Hall–Kier alpha value is -1.27. The van der Waals surface area contributed by atoms with Crippen LogP contribution in [-0.4, -0.2) is 23.9 Å². The molecule has 0 unspecified atom stereocenters. The van der Waals surface area contributed by atoms with Crippen LogP contribution < -0.4 is 4.74 Å². The SMILES string of the molecule is CCOC(=O)Cc1c(I)ncc(C(F)(F)F)c1OC(F)(F)F. The number of carbonyl (C=O) groups excluding carboxylic acids is 1. The fourth-order valence-electron chi connectivity index (χ4n) is 1.46. The number of aromatic nitrogens is 1. The summed E-state index contributed by atoms with van der Waals surface area (Å²) < 4.78 is 83.4. The van der Waals surface area contributed by atoms with E-state index in [-0.39, 0.29) is 16.5 Å². The number of hydrogen-bond donors (Lipinski definition) is 0. The molecular formula is C11H8F6INO3. The molecule has 124 valence electrons. The van der Waals surface area contributed by atoms with Gasteiger partial charge in [-0.15, -0.1) is 13.2 Å². The van der Waals surface area contributed by atoms with Crippen molar-refractivity contribution in [3.8, 4) is 5.75 Å². The van der Waals surface area contributed by atoms with Crippen LogP contribution in [0.3, 0.4) is 0 Å². The Morgan fingerprint density at radius 2 is 1.86 bits per heavy atom. The number of carbonyl (C=O) groups is 1. The van der Waals surface area contributed by atoms with Gasteiger partial charge >= 0.3 is 18.5 Å². The van der Waals surface area contributed by atoms with Crippen molar-refractivity contribution in [3.63, 3.8) is 0 Å². The van der Waals surface area contributed by atoms with Crippen molar-refractivity contribution in [1.82, 2.24) is 4.98 Å². The first-order chi connectivity index (χ1) is 9.95. The number of esters is 1. The molecule has 0 bridgehead atoms. The lowest BCUT2D eigenvalue weighted by molar-refractivity contribution is -0.276. The first-order valence-electron chi connectivity index (χ1n) is 5.61. The predicted molar refractivity (Wildman–Crippen MR) is 69.0 cm³/mol. The second-order valence-electron chi connectivity index (χ2n) is 3.80. The minimum Gasteiger partial charge on any atom is -0.466 e. The summed E-state index contributed by atoms with van der Waals surface area (Å²) in [5, 5.41) is 0. The van der Waals surface area contributed by atoms with Gasteiger partial charge < -0.3 is 9.47 Å². The van der Waals surface area contributed by atoms with Crippen LogP contribution in [0.15, 0.2) is 6.20 Å². The van der Waals surface area contributed by atoms with Gasteiger partial charge in [-0.25, -0.2) is 4.98 Å². The molecule has 4 nitrogen and oxygen atoms in total. The van der Waals surface area contributed by atoms with Crippen molar-refractivity contribution in [2.75, 3.05) is 6.61 Å². The lowest BCUT2D eigenvalue weighted by Gasteiger charge is -2.18. The first-order valence-corrected chi connectivity index (χ1v) is 6.69. The van der Waals surface area contributed by atoms with Gasteiger partial charge in [0.1, 0.15) is 15.0 Å². The fourth-order valence-corrected chi connectivity index (χ4v) is 2.03. The van der Waals surface area contributed by atoms with Gasteiger partial charge in [-0.05, 0) is 29.5 Å². The molecule has 1 aromatic heterocycles. The quantitative estimate of drug-likeness (QED) is 0.308. The Morgan fingerprint density at radius 3 is 2.32 bits per heavy atom. The van der Waals surface area contributed by atoms with Crippen LogP contribution in [0.25, 0.3) is 0 Å². The van der Waals surface area contributed by atoms with Gasteiger partial charge in [0.15, 0.2) is 0 Å². The van der Waals surface area contributed by atoms with E-state index >= 15 is 0 Å². The van der Waals surface area contributed by atoms with Gasteiger partial charge in [0, 0.05) is 11.8 Å². The molecule has 0 aliphatic carbocycles. The smallest absolute Gasteiger partial charge is 0.466 e. The number of ether oxygens (including phenoxy) is 2. The van der Waals surface area contributed by atoms with Gasteiger partial charge in [-0.3, -0.25) is 4.79 Å². The van der Waals surface area contributed by atoms with Crippen LogP contribution in [0.2, 0.25) is 0 Å². The van der Waals surface area contributed by atoms with Crippen molar-refractivity contribution >= 4 is 28.6 Å². The third kappa shape index (κ3) is 5.18. The van der Waals surface area contributed by atoms with Gasteiger partial charge in [0.05, 0.1) is 13.0 Å². The van der Waals surface area contributed by atoms with Gasteiger partial charge in [0.2, 0.25) is 0 Å². The van der Waals surface area contributed by atoms with Crippen molar-refractivity contribution in [2.24, 2.45) is 0 Å². The van der Waals surface area contributed by atoms with Crippen LogP contribution in [0.5, 0.6) is 5.75 Å². The molecule has 0 atom stereocenters. The standard InChI is InChI=1S/C11H8F6INO3/c1-2-21-7(20)3-5-8(22-11(15,16)17)6(10(12,13)14)4-19-9(5)18/h4H,2-3H2,1H3. The van der Waals surface area contributed by atoms with Crippen molar-refractivity contribution in [1.29, 1.82) is 0 Å². The lowest BCUT2D eigenvalue weighted by Crippen LogP contribution is -2.23. The first kappa shape index (κ1) is 18.8. The third-order valence-electron chi connectivity index (χ3n) is 2.22. The van der Waals surface area contributed by atoms with Gasteiger partial charge in [0.25, 0.3) is 0 Å². The van der Waals surface area contributed by atoms with Crippen LogP contribution in [-0.2, 0) is 22.1 Å². The van der Waals surface area contributed by atoms with Crippen molar-refractivity contribution in [3.05, 3.63) is 21.0 Å². The van der Waals surface area contributed by atoms with Crippen molar-refractivity contribution in [2.45, 2.75) is 25.9 Å². The highest BCUT2D eigenvalue weighted by Crippen LogP contribution is 2.41. The molecule has 0 aliphatic rings. The summed E-state index contributed by atoms with van der Waals surface area (Å²) in [6.45, 7) is 1.37. The molecule has 22 heavy (non-hydrogen) atoms. The van der Waals surface area contributed by atoms with Crippen LogP contribution in [0.1, 0.15) is 18.1 Å². The second-order valence-corrected chi connectivity index (χ2v) is 4.82. The number of alkyl halides is 6. The molecule has 0 saturated heterocycles. The number of pyridine rings is 1. The topological polar surface area (TPSA) is 48.4 Å². The van der Waals surface area contributed by atoms with E-state index in [0.717, 1.165) is 0 Å². The summed E-state index contributed by atoms with van der Waals surface area (Å²) in [6.07, 6.45) is -11.1. The van der Waals surface area contributed by atoms with Gasteiger partial charge in [-0.2, -0.15) is 13.2 Å². The van der Waals surface area contributed by atoms with E-state index in [4.69, 9.17) is 0 Å². The summed E-state index contributed by atoms with van der Waals surface area (Å²) in [7, 11) is 0. The van der Waals surface area contributed by atoms with Crippen molar-refractivity contribution < 1.29 is 40.6 Å². The maximum Gasteiger partial charge on any atom is 0.573 e.